The molecule has 1 fully saturated rings. The maximum atomic E-state index is 12.1. The van der Waals surface area contributed by atoms with Crippen molar-refractivity contribution in [3.63, 3.8) is 0 Å². The minimum atomic E-state index is -1.51. The van der Waals surface area contributed by atoms with Crippen LogP contribution in [-0.2, 0) is 15.1 Å². The summed E-state index contributed by atoms with van der Waals surface area (Å²) in [6.45, 7) is 1.23. The zero-order chi connectivity index (χ0) is 19.5. The number of carboxylic acids is 1. The predicted molar refractivity (Wildman–Crippen MR) is 85.3 cm³/mol. The Bertz CT molecular complexity index is 685. The molecule has 12 nitrogen and oxygen atoms in total. The van der Waals surface area contributed by atoms with Gasteiger partial charge in [-0.05, 0) is 26.2 Å². The van der Waals surface area contributed by atoms with Crippen LogP contribution in [0.1, 0.15) is 50.4 Å². The summed E-state index contributed by atoms with van der Waals surface area (Å²) < 4.78 is 5.50. The summed E-state index contributed by atoms with van der Waals surface area (Å²) in [6.07, 6.45) is 0.0694. The molecule has 0 spiro atoms. The van der Waals surface area contributed by atoms with E-state index in [0.717, 1.165) is 0 Å². The van der Waals surface area contributed by atoms with Gasteiger partial charge >= 0.3 is 12.0 Å². The third-order valence-corrected chi connectivity index (χ3v) is 3.97. The quantitative estimate of drug-likeness (QED) is 0.297. The van der Waals surface area contributed by atoms with Gasteiger partial charge in [0.2, 0.25) is 17.7 Å². The van der Waals surface area contributed by atoms with Crippen LogP contribution in [0.4, 0.5) is 4.79 Å². The van der Waals surface area contributed by atoms with E-state index in [2.05, 4.69) is 20.8 Å². The molecular formula is C14H22N6O6. The van der Waals surface area contributed by atoms with Crippen molar-refractivity contribution >= 4 is 17.9 Å². The lowest BCUT2D eigenvalue weighted by Gasteiger charge is -2.20. The topological polar surface area (TPSA) is 207 Å². The first-order valence-corrected chi connectivity index (χ1v) is 8.01. The highest BCUT2D eigenvalue weighted by atomic mass is 16.4. The zero-order valence-electron chi connectivity index (χ0n) is 14.1. The van der Waals surface area contributed by atoms with Gasteiger partial charge in [-0.1, -0.05) is 0 Å². The van der Waals surface area contributed by atoms with E-state index in [9.17, 15) is 19.5 Å². The molecule has 2 rings (SSSR count). The van der Waals surface area contributed by atoms with Crippen molar-refractivity contribution in [1.29, 1.82) is 0 Å². The molecule has 26 heavy (non-hydrogen) atoms. The van der Waals surface area contributed by atoms with Crippen LogP contribution in [0.2, 0.25) is 0 Å². The first kappa shape index (κ1) is 19.6. The van der Waals surface area contributed by atoms with Gasteiger partial charge in [-0.15, -0.1) is 10.2 Å². The monoisotopic (exact) mass is 370 g/mol. The van der Waals surface area contributed by atoms with Crippen LogP contribution in [0.5, 0.6) is 0 Å². The average molecular weight is 370 g/mol. The van der Waals surface area contributed by atoms with E-state index in [1.807, 2.05) is 0 Å². The molecule has 1 aromatic rings. The van der Waals surface area contributed by atoms with Gasteiger partial charge in [-0.25, -0.2) is 9.59 Å². The van der Waals surface area contributed by atoms with Crippen molar-refractivity contribution in [3.05, 3.63) is 11.8 Å². The van der Waals surface area contributed by atoms with Crippen LogP contribution in [0, 0.1) is 0 Å². The Hall–Kier alpha value is -2.73. The van der Waals surface area contributed by atoms with E-state index in [1.165, 1.54) is 6.92 Å². The summed E-state index contributed by atoms with van der Waals surface area (Å²) in [5, 5.41) is 30.7. The Kier molecular flexibility index (Phi) is 5.77. The number of hydrogen-bond acceptors (Lipinski definition) is 8. The maximum Gasteiger partial charge on any atom is 0.328 e. The van der Waals surface area contributed by atoms with Crippen LogP contribution in [0.3, 0.4) is 0 Å². The third kappa shape index (κ3) is 4.89. The molecule has 8 N–H and O–H groups in total. The molecule has 1 aliphatic rings. The molecule has 3 amide bonds. The Morgan fingerprint density at radius 1 is 1.31 bits per heavy atom. The van der Waals surface area contributed by atoms with Crippen LogP contribution >= 0.6 is 0 Å². The lowest BCUT2D eigenvalue weighted by molar-refractivity contribution is -0.141. The number of carboxylic acid groups (broad SMARTS) is 1. The van der Waals surface area contributed by atoms with Crippen molar-refractivity contribution in [2.45, 2.75) is 56.3 Å². The maximum absolute atomic E-state index is 12.1. The van der Waals surface area contributed by atoms with E-state index in [0.29, 0.717) is 12.8 Å². The Balaban J connectivity index is 2.09. The highest BCUT2D eigenvalue weighted by Crippen LogP contribution is 2.42. The summed E-state index contributed by atoms with van der Waals surface area (Å²) in [5.41, 5.74) is 10.4. The highest BCUT2D eigenvalue weighted by molar-refractivity contribution is 5.83. The summed E-state index contributed by atoms with van der Waals surface area (Å²) in [7, 11) is 0. The molecule has 0 bridgehead atoms. The molecule has 144 valence electrons. The number of aliphatic carboxylic acids is 1. The summed E-state index contributed by atoms with van der Waals surface area (Å²) in [4.78, 5) is 34.2. The molecule has 0 unspecified atom stereocenters. The number of nitrogens with zero attached hydrogens (tertiary/aromatic N) is 2. The number of primary amides is 1. The number of nitrogens with two attached hydrogens (primary N) is 2. The predicted octanol–water partition coefficient (Wildman–Crippen LogP) is -1.54. The first-order valence-electron chi connectivity index (χ1n) is 8.01. The lowest BCUT2D eigenvalue weighted by Crippen LogP contribution is -2.51. The van der Waals surface area contributed by atoms with Gasteiger partial charge in [-0.3, -0.25) is 4.79 Å². The zero-order valence-corrected chi connectivity index (χ0v) is 14.1. The number of aromatic nitrogens is 2. The number of carbonyl (C=O) groups excluding carboxylic acids is 2. The van der Waals surface area contributed by atoms with Gasteiger partial charge in [0.05, 0.1) is 11.6 Å². The van der Waals surface area contributed by atoms with E-state index in [1.54, 1.807) is 0 Å². The van der Waals surface area contributed by atoms with Gasteiger partial charge in [0.25, 0.3) is 0 Å². The van der Waals surface area contributed by atoms with Crippen molar-refractivity contribution in [1.82, 2.24) is 20.8 Å². The normalized spacial score (nSPS) is 18.4. The number of carbonyl (C=O) groups is 3. The summed E-state index contributed by atoms with van der Waals surface area (Å²) in [5.74, 6) is -1.74. The van der Waals surface area contributed by atoms with Crippen molar-refractivity contribution in [2.24, 2.45) is 11.5 Å². The number of nitrogens with one attached hydrogen (secondary N) is 2. The average Bonchev–Trinajstić information content (AvgIpc) is 3.10. The van der Waals surface area contributed by atoms with Crippen LogP contribution in [0.25, 0.3) is 0 Å². The van der Waals surface area contributed by atoms with E-state index >= 15 is 0 Å². The SMILES string of the molecule is C[C@H](O)[C@H](NC(=O)N[C@@H](CCC(N)=O)c1nnc(C2(N)CC2)o1)C(=O)O. The Labute approximate surface area is 148 Å². The summed E-state index contributed by atoms with van der Waals surface area (Å²) >= 11 is 0. The molecule has 1 aromatic heterocycles. The Morgan fingerprint density at radius 3 is 2.46 bits per heavy atom. The molecule has 12 heteroatoms. The van der Waals surface area contributed by atoms with Crippen LogP contribution < -0.4 is 22.1 Å². The van der Waals surface area contributed by atoms with Gasteiger partial charge in [0.1, 0.15) is 6.04 Å². The van der Waals surface area contributed by atoms with Gasteiger partial charge in [0.15, 0.2) is 6.04 Å². The largest absolute Gasteiger partial charge is 0.480 e. The van der Waals surface area contributed by atoms with Crippen molar-refractivity contribution in [3.8, 4) is 0 Å². The molecule has 1 saturated carbocycles. The van der Waals surface area contributed by atoms with E-state index in [4.69, 9.17) is 21.0 Å². The molecule has 0 aliphatic heterocycles. The highest BCUT2D eigenvalue weighted by Gasteiger charge is 2.45. The fourth-order valence-corrected chi connectivity index (χ4v) is 2.20. The molecule has 1 aliphatic carbocycles. The second-order valence-corrected chi connectivity index (χ2v) is 6.33. The lowest BCUT2D eigenvalue weighted by atomic mass is 10.1. The van der Waals surface area contributed by atoms with E-state index in [-0.39, 0.29) is 24.6 Å². The van der Waals surface area contributed by atoms with Gasteiger partial charge in [0, 0.05) is 6.42 Å². The number of aliphatic hydroxyl groups excluding tert-OH is 1. The molecule has 0 saturated heterocycles. The first-order chi connectivity index (χ1) is 12.1. The number of aliphatic hydroxyl groups is 1. The second-order valence-electron chi connectivity index (χ2n) is 6.33. The van der Waals surface area contributed by atoms with E-state index < -0.39 is 41.6 Å². The standard InChI is InChI=1S/C14H22N6O6/c1-6(21)9(11(23)24)18-13(25)17-7(2-3-8(15)22)10-19-20-12(26-10)14(16)4-5-14/h6-7,9,21H,2-5,16H2,1H3,(H2,15,22)(H,23,24)(H2,17,18,25)/t6-,7-,9-/m0/s1. The number of amides is 3. The fourth-order valence-electron chi connectivity index (χ4n) is 2.20. The molecule has 3 atom stereocenters. The molecule has 0 radical (unpaired) electrons. The molecule has 1 heterocycles. The van der Waals surface area contributed by atoms with Crippen LogP contribution in [-0.4, -0.2) is 50.5 Å². The third-order valence-electron chi connectivity index (χ3n) is 3.97. The smallest absolute Gasteiger partial charge is 0.328 e. The van der Waals surface area contributed by atoms with Gasteiger partial charge < -0.3 is 36.7 Å². The minimum absolute atomic E-state index is 0.0250. The minimum Gasteiger partial charge on any atom is -0.480 e. The Morgan fingerprint density at radius 2 is 1.96 bits per heavy atom. The van der Waals surface area contributed by atoms with Crippen LogP contribution in [0.15, 0.2) is 4.42 Å². The molecule has 0 aromatic carbocycles. The second kappa shape index (κ2) is 7.66. The van der Waals surface area contributed by atoms with Gasteiger partial charge in [-0.2, -0.15) is 0 Å². The number of rotatable bonds is 9. The molecular weight excluding hydrogens is 348 g/mol. The number of hydrogen-bond donors (Lipinski definition) is 6. The fraction of sp³-hybridized carbons (Fsp3) is 0.643. The summed E-state index contributed by atoms with van der Waals surface area (Å²) in [6, 6.07) is -3.28. The van der Waals surface area contributed by atoms with Crippen molar-refractivity contribution < 1.29 is 29.0 Å². The van der Waals surface area contributed by atoms with Crippen molar-refractivity contribution in [2.75, 3.05) is 0 Å². The number of urea groups is 1.